The van der Waals surface area contributed by atoms with Gasteiger partial charge in [-0.05, 0) is 38.1 Å². The number of hydrogen-bond acceptors (Lipinski definition) is 6. The summed E-state index contributed by atoms with van der Waals surface area (Å²) in [7, 11) is 0. The zero-order valence-corrected chi connectivity index (χ0v) is 15.1. The molecule has 0 saturated carbocycles. The third kappa shape index (κ3) is 3.09. The molecule has 0 spiro atoms. The fourth-order valence-electron chi connectivity index (χ4n) is 2.90. The number of nitrogens with one attached hydrogen (secondary N) is 2. The van der Waals surface area contributed by atoms with Gasteiger partial charge in [0.15, 0.2) is 11.6 Å². The molecule has 9 heteroatoms. The Bertz CT molecular complexity index is 1140. The molecule has 0 atom stereocenters. The number of aromatic amines is 1. The second-order valence-electron chi connectivity index (χ2n) is 6.06. The van der Waals surface area contributed by atoms with Crippen molar-refractivity contribution in [3.63, 3.8) is 0 Å². The zero-order chi connectivity index (χ0) is 19.7. The highest BCUT2D eigenvalue weighted by Crippen LogP contribution is 2.19. The fraction of sp³-hybridized carbons (Fsp3) is 0.105. The molecule has 2 N–H and O–H groups in total. The molecule has 3 aromatic heterocycles. The van der Waals surface area contributed by atoms with E-state index in [0.717, 1.165) is 5.69 Å². The Morgan fingerprint density at radius 1 is 1.11 bits per heavy atom. The predicted molar refractivity (Wildman–Crippen MR) is 100 cm³/mol. The summed E-state index contributed by atoms with van der Waals surface area (Å²) >= 11 is 0. The highest BCUT2D eigenvalue weighted by atomic mass is 16.3. The number of rotatable bonds is 5. The van der Waals surface area contributed by atoms with Gasteiger partial charge in [0.2, 0.25) is 5.95 Å². The molecule has 0 aliphatic rings. The molecule has 0 fully saturated rings. The maximum atomic E-state index is 12.7. The number of furan rings is 1. The zero-order valence-electron chi connectivity index (χ0n) is 15.1. The first-order valence-electron chi connectivity index (χ1n) is 8.48. The van der Waals surface area contributed by atoms with Crippen LogP contribution in [0.25, 0.3) is 17.3 Å². The summed E-state index contributed by atoms with van der Waals surface area (Å²) in [5.74, 6) is -0.756. The van der Waals surface area contributed by atoms with Crippen LogP contribution in [0.2, 0.25) is 0 Å². The number of carbonyl (C=O) groups excluding carboxylic acids is 2. The first-order valence-corrected chi connectivity index (χ1v) is 8.48. The topological polar surface area (TPSA) is 119 Å². The predicted octanol–water partition coefficient (Wildman–Crippen LogP) is 2.69. The standard InChI is InChI=1S/C19H16N6O3/c1-11-15(12(2)25(24-11)13-7-4-3-5-8-13)16(26)18(27)21-19-20-17(22-23-19)14-9-6-10-28-14/h3-10H,1-2H3,(H2,20,21,22,23,27). The first kappa shape index (κ1) is 17.4. The van der Waals surface area contributed by atoms with E-state index in [-0.39, 0.29) is 11.5 Å². The van der Waals surface area contributed by atoms with Gasteiger partial charge in [-0.2, -0.15) is 10.1 Å². The molecule has 0 saturated heterocycles. The van der Waals surface area contributed by atoms with E-state index < -0.39 is 11.7 Å². The third-order valence-electron chi connectivity index (χ3n) is 4.19. The van der Waals surface area contributed by atoms with Crippen LogP contribution >= 0.6 is 0 Å². The summed E-state index contributed by atoms with van der Waals surface area (Å²) in [5, 5.41) is 13.3. The molecule has 1 aromatic carbocycles. The molecule has 0 unspecified atom stereocenters. The minimum atomic E-state index is -0.844. The van der Waals surface area contributed by atoms with Crippen molar-refractivity contribution >= 4 is 17.6 Å². The Hall–Kier alpha value is -4.01. The molecular formula is C19H16N6O3. The summed E-state index contributed by atoms with van der Waals surface area (Å²) in [5.41, 5.74) is 2.10. The highest BCUT2D eigenvalue weighted by molar-refractivity contribution is 6.46. The van der Waals surface area contributed by atoms with Crippen LogP contribution in [-0.2, 0) is 4.79 Å². The van der Waals surface area contributed by atoms with Crippen molar-refractivity contribution in [2.24, 2.45) is 0 Å². The first-order chi connectivity index (χ1) is 13.5. The number of aryl methyl sites for hydroxylation is 1. The van der Waals surface area contributed by atoms with Crippen LogP contribution in [0.4, 0.5) is 5.95 Å². The van der Waals surface area contributed by atoms with Gasteiger partial charge < -0.3 is 4.42 Å². The second kappa shape index (κ2) is 6.95. The van der Waals surface area contributed by atoms with Crippen molar-refractivity contribution in [1.29, 1.82) is 0 Å². The van der Waals surface area contributed by atoms with Crippen molar-refractivity contribution < 1.29 is 14.0 Å². The summed E-state index contributed by atoms with van der Waals surface area (Å²) in [6.07, 6.45) is 1.50. The number of amides is 1. The Kier molecular flexibility index (Phi) is 4.32. The van der Waals surface area contributed by atoms with Crippen molar-refractivity contribution in [2.75, 3.05) is 5.32 Å². The van der Waals surface area contributed by atoms with Crippen LogP contribution in [0.5, 0.6) is 0 Å². The van der Waals surface area contributed by atoms with Crippen LogP contribution in [0, 0.1) is 13.8 Å². The summed E-state index contributed by atoms with van der Waals surface area (Å²) < 4.78 is 6.84. The lowest BCUT2D eigenvalue weighted by Crippen LogP contribution is -2.24. The fourth-order valence-corrected chi connectivity index (χ4v) is 2.90. The van der Waals surface area contributed by atoms with E-state index in [9.17, 15) is 9.59 Å². The average Bonchev–Trinajstić information content (AvgIpc) is 3.43. The highest BCUT2D eigenvalue weighted by Gasteiger charge is 2.26. The molecule has 4 rings (SSSR count). The van der Waals surface area contributed by atoms with Crippen molar-refractivity contribution in [1.82, 2.24) is 25.0 Å². The van der Waals surface area contributed by atoms with E-state index in [4.69, 9.17) is 4.42 Å². The molecule has 28 heavy (non-hydrogen) atoms. The van der Waals surface area contributed by atoms with Crippen LogP contribution in [-0.4, -0.2) is 36.7 Å². The molecule has 0 radical (unpaired) electrons. The maximum absolute atomic E-state index is 12.7. The SMILES string of the molecule is Cc1nn(-c2ccccc2)c(C)c1C(=O)C(=O)Nc1n[nH]c(-c2ccco2)n1. The molecule has 4 aromatic rings. The Balaban J connectivity index is 1.56. The van der Waals surface area contributed by atoms with Gasteiger partial charge in [-0.1, -0.05) is 18.2 Å². The van der Waals surface area contributed by atoms with Crippen LogP contribution in [0.3, 0.4) is 0 Å². The van der Waals surface area contributed by atoms with Crippen LogP contribution in [0.15, 0.2) is 53.1 Å². The number of anilines is 1. The van der Waals surface area contributed by atoms with Gasteiger partial charge in [0, 0.05) is 0 Å². The molecule has 1 amide bonds. The number of ketones is 1. The Morgan fingerprint density at radius 2 is 1.89 bits per heavy atom. The smallest absolute Gasteiger partial charge is 0.299 e. The van der Waals surface area contributed by atoms with Gasteiger partial charge in [0.1, 0.15) is 0 Å². The average molecular weight is 376 g/mol. The van der Waals surface area contributed by atoms with E-state index in [0.29, 0.717) is 23.0 Å². The van der Waals surface area contributed by atoms with Gasteiger partial charge in [0.25, 0.3) is 11.7 Å². The summed E-state index contributed by atoms with van der Waals surface area (Å²) in [6, 6.07) is 12.8. The number of carbonyl (C=O) groups is 2. The summed E-state index contributed by atoms with van der Waals surface area (Å²) in [6.45, 7) is 3.43. The number of para-hydroxylation sites is 1. The molecule has 0 bridgehead atoms. The van der Waals surface area contributed by atoms with E-state index in [1.54, 1.807) is 30.7 Å². The van der Waals surface area contributed by atoms with Gasteiger partial charge in [-0.15, -0.1) is 5.10 Å². The van der Waals surface area contributed by atoms with Gasteiger partial charge in [0.05, 0.1) is 28.9 Å². The van der Waals surface area contributed by atoms with E-state index in [2.05, 4.69) is 25.6 Å². The van der Waals surface area contributed by atoms with E-state index in [1.165, 1.54) is 6.26 Å². The van der Waals surface area contributed by atoms with E-state index >= 15 is 0 Å². The van der Waals surface area contributed by atoms with Crippen LogP contribution in [0.1, 0.15) is 21.7 Å². The lowest BCUT2D eigenvalue weighted by Gasteiger charge is -2.04. The molecule has 140 valence electrons. The summed E-state index contributed by atoms with van der Waals surface area (Å²) in [4.78, 5) is 29.3. The molecule has 9 nitrogen and oxygen atoms in total. The quantitative estimate of drug-likeness (QED) is 0.408. The largest absolute Gasteiger partial charge is 0.461 e. The Morgan fingerprint density at radius 3 is 2.61 bits per heavy atom. The lowest BCUT2D eigenvalue weighted by atomic mass is 10.1. The maximum Gasteiger partial charge on any atom is 0.299 e. The van der Waals surface area contributed by atoms with Gasteiger partial charge in [-0.3, -0.25) is 20.0 Å². The minimum Gasteiger partial charge on any atom is -0.461 e. The number of Topliss-reactive ketones (excluding diaryl/α,β-unsaturated/α-hetero) is 1. The molecule has 3 heterocycles. The number of H-pyrrole nitrogens is 1. The van der Waals surface area contributed by atoms with Gasteiger partial charge in [-0.25, -0.2) is 4.68 Å². The second-order valence-corrected chi connectivity index (χ2v) is 6.06. The molecule has 0 aliphatic carbocycles. The Labute approximate surface area is 159 Å². The molecule has 0 aliphatic heterocycles. The van der Waals surface area contributed by atoms with Crippen LogP contribution < -0.4 is 5.32 Å². The number of nitrogens with zero attached hydrogens (tertiary/aromatic N) is 4. The van der Waals surface area contributed by atoms with Crippen molar-refractivity contribution in [2.45, 2.75) is 13.8 Å². The lowest BCUT2D eigenvalue weighted by molar-refractivity contribution is -0.112. The monoisotopic (exact) mass is 376 g/mol. The normalized spacial score (nSPS) is 10.8. The number of benzene rings is 1. The van der Waals surface area contributed by atoms with E-state index in [1.807, 2.05) is 30.3 Å². The van der Waals surface area contributed by atoms with Crippen molar-refractivity contribution in [3.05, 3.63) is 65.7 Å². The number of aromatic nitrogens is 5. The molecular weight excluding hydrogens is 360 g/mol. The third-order valence-corrected chi connectivity index (χ3v) is 4.19. The number of hydrogen-bond donors (Lipinski definition) is 2. The van der Waals surface area contributed by atoms with Crippen molar-refractivity contribution in [3.8, 4) is 17.3 Å². The minimum absolute atomic E-state index is 0.0180. The van der Waals surface area contributed by atoms with Gasteiger partial charge >= 0.3 is 0 Å².